The molecule has 0 bridgehead atoms. The molecule has 3 amide bonds. The van der Waals surface area contributed by atoms with Crippen LogP contribution in [-0.2, 0) is 16.9 Å². The van der Waals surface area contributed by atoms with Crippen LogP contribution < -0.4 is 14.8 Å². The van der Waals surface area contributed by atoms with Crippen molar-refractivity contribution in [3.8, 4) is 22.9 Å². The third-order valence-electron chi connectivity index (χ3n) is 4.69. The van der Waals surface area contributed by atoms with Gasteiger partial charge < -0.3 is 23.7 Å². The van der Waals surface area contributed by atoms with Gasteiger partial charge >= 0.3 is 12.6 Å². The fourth-order valence-corrected chi connectivity index (χ4v) is 3.14. The third-order valence-corrected chi connectivity index (χ3v) is 4.69. The Hall–Kier alpha value is -3.96. The molecule has 0 aliphatic carbocycles. The van der Waals surface area contributed by atoms with Gasteiger partial charge in [0, 0.05) is 5.56 Å². The van der Waals surface area contributed by atoms with Crippen LogP contribution >= 0.6 is 0 Å². The van der Waals surface area contributed by atoms with Gasteiger partial charge in [0.15, 0.2) is 17.0 Å². The molecule has 31 heavy (non-hydrogen) atoms. The predicted molar refractivity (Wildman–Crippen MR) is 98.1 cm³/mol. The van der Waals surface area contributed by atoms with Gasteiger partial charge in [-0.1, -0.05) is 5.16 Å². The molecule has 0 radical (unpaired) electrons. The van der Waals surface area contributed by atoms with Gasteiger partial charge in [0.25, 0.3) is 5.91 Å². The van der Waals surface area contributed by atoms with Crippen LogP contribution in [0.3, 0.4) is 0 Å². The number of hydrogen-bond acceptors (Lipinski definition) is 8. The van der Waals surface area contributed by atoms with Crippen molar-refractivity contribution in [1.29, 1.82) is 0 Å². The van der Waals surface area contributed by atoms with Crippen LogP contribution in [0, 0.1) is 0 Å². The first-order chi connectivity index (χ1) is 14.8. The molecule has 1 aliphatic heterocycles. The second-order valence-electron chi connectivity index (χ2n) is 6.68. The molecule has 1 saturated heterocycles. The zero-order chi connectivity index (χ0) is 22.2. The van der Waals surface area contributed by atoms with Crippen molar-refractivity contribution in [3.05, 3.63) is 48.2 Å². The van der Waals surface area contributed by atoms with E-state index < -0.39 is 24.1 Å². The zero-order valence-corrected chi connectivity index (χ0v) is 16.3. The van der Waals surface area contributed by atoms with Crippen molar-refractivity contribution in [2.45, 2.75) is 25.6 Å². The number of carbonyl (C=O) groups excluding carboxylic acids is 2. The van der Waals surface area contributed by atoms with Crippen LogP contribution in [0.15, 0.2) is 45.5 Å². The molecule has 3 heterocycles. The van der Waals surface area contributed by atoms with Crippen molar-refractivity contribution >= 4 is 11.9 Å². The Bertz CT molecular complexity index is 1120. The number of halogens is 2. The van der Waals surface area contributed by atoms with Gasteiger partial charge in [-0.05, 0) is 37.3 Å². The quantitative estimate of drug-likeness (QED) is 0.564. The van der Waals surface area contributed by atoms with Crippen LogP contribution in [0.4, 0.5) is 13.6 Å². The molecule has 1 atom stereocenters. The summed E-state index contributed by atoms with van der Waals surface area (Å²) in [5.41, 5.74) is -0.955. The number of ether oxygens (including phenoxy) is 2. The number of amides is 3. The number of alkyl halides is 2. The van der Waals surface area contributed by atoms with Gasteiger partial charge in [0.1, 0.15) is 12.3 Å². The summed E-state index contributed by atoms with van der Waals surface area (Å²) in [7, 11) is 1.30. The van der Waals surface area contributed by atoms with Crippen molar-refractivity contribution in [2.24, 2.45) is 0 Å². The lowest BCUT2D eigenvalue weighted by atomic mass is 9.99. The highest BCUT2D eigenvalue weighted by atomic mass is 19.3. The molecular formula is C19H16F2N4O6. The number of urea groups is 1. The highest BCUT2D eigenvalue weighted by Gasteiger charge is 2.51. The minimum Gasteiger partial charge on any atom is -0.493 e. The summed E-state index contributed by atoms with van der Waals surface area (Å²) >= 11 is 0. The Morgan fingerprint density at radius 2 is 2.06 bits per heavy atom. The summed E-state index contributed by atoms with van der Waals surface area (Å²) in [5, 5.41) is 6.40. The van der Waals surface area contributed by atoms with E-state index in [4.69, 9.17) is 13.7 Å². The Kier molecular flexibility index (Phi) is 5.05. The second kappa shape index (κ2) is 7.70. The number of hydrogen-bond donors (Lipinski definition) is 1. The summed E-state index contributed by atoms with van der Waals surface area (Å²) in [6.45, 7) is -1.74. The highest BCUT2D eigenvalue weighted by molar-refractivity contribution is 6.06. The summed E-state index contributed by atoms with van der Waals surface area (Å²) in [4.78, 5) is 30.3. The molecule has 3 aromatic rings. The molecule has 1 unspecified atom stereocenters. The van der Waals surface area contributed by atoms with Gasteiger partial charge in [-0.15, -0.1) is 0 Å². The van der Waals surface area contributed by atoms with Crippen LogP contribution in [0.2, 0.25) is 0 Å². The molecule has 1 aliphatic rings. The van der Waals surface area contributed by atoms with Gasteiger partial charge in [-0.2, -0.15) is 13.8 Å². The maximum atomic E-state index is 12.8. The van der Waals surface area contributed by atoms with Crippen molar-refractivity contribution < 1.29 is 36.8 Å². The lowest BCUT2D eigenvalue weighted by Crippen LogP contribution is -2.40. The highest BCUT2D eigenvalue weighted by Crippen LogP contribution is 2.33. The molecule has 0 spiro atoms. The van der Waals surface area contributed by atoms with Crippen LogP contribution in [0.25, 0.3) is 11.4 Å². The first-order valence-electron chi connectivity index (χ1n) is 8.95. The Morgan fingerprint density at radius 3 is 2.74 bits per heavy atom. The lowest BCUT2D eigenvalue weighted by Gasteiger charge is -2.18. The smallest absolute Gasteiger partial charge is 0.387 e. The molecule has 0 saturated carbocycles. The Balaban J connectivity index is 1.53. The number of aromatic nitrogens is 2. The zero-order valence-electron chi connectivity index (χ0n) is 16.3. The van der Waals surface area contributed by atoms with Crippen LogP contribution in [-0.4, -0.2) is 40.7 Å². The Labute approximate surface area is 173 Å². The largest absolute Gasteiger partial charge is 0.493 e. The van der Waals surface area contributed by atoms with Crippen LogP contribution in [0.1, 0.15) is 18.6 Å². The normalized spacial score (nSPS) is 18.5. The van der Waals surface area contributed by atoms with E-state index >= 15 is 0 Å². The third kappa shape index (κ3) is 3.67. The first kappa shape index (κ1) is 20.3. The van der Waals surface area contributed by atoms with Gasteiger partial charge in [-0.3, -0.25) is 9.69 Å². The van der Waals surface area contributed by atoms with Gasteiger partial charge in [0.05, 0.1) is 13.4 Å². The summed E-state index contributed by atoms with van der Waals surface area (Å²) < 4.78 is 44.8. The van der Waals surface area contributed by atoms with E-state index in [-0.39, 0.29) is 35.5 Å². The molecule has 1 N–H and O–H groups in total. The first-order valence-corrected chi connectivity index (χ1v) is 8.95. The number of nitrogens with one attached hydrogen (secondary N) is 1. The van der Waals surface area contributed by atoms with Crippen molar-refractivity contribution in [2.75, 3.05) is 7.11 Å². The van der Waals surface area contributed by atoms with Crippen molar-refractivity contribution in [3.63, 3.8) is 0 Å². The number of furan rings is 1. The average molecular weight is 434 g/mol. The molecule has 4 rings (SSSR count). The fraction of sp³-hybridized carbons (Fsp3) is 0.263. The maximum absolute atomic E-state index is 12.8. The van der Waals surface area contributed by atoms with E-state index in [0.717, 1.165) is 4.90 Å². The SMILES string of the molecule is COc1cc(-c2noc(CN3C(=O)NC(C)(c4ccco4)C3=O)n2)ccc1OC(F)F. The van der Waals surface area contributed by atoms with E-state index in [9.17, 15) is 18.4 Å². The molecule has 12 heteroatoms. The van der Waals surface area contributed by atoms with E-state index in [0.29, 0.717) is 5.56 Å². The summed E-state index contributed by atoms with van der Waals surface area (Å²) in [5.74, 6) is -0.249. The molecular weight excluding hydrogens is 418 g/mol. The van der Waals surface area contributed by atoms with E-state index in [1.807, 2.05) is 0 Å². The van der Waals surface area contributed by atoms with E-state index in [2.05, 4.69) is 20.2 Å². The summed E-state index contributed by atoms with van der Waals surface area (Å²) in [6.07, 6.45) is 1.40. The number of methoxy groups -OCH3 is 1. The topological polar surface area (TPSA) is 120 Å². The second-order valence-corrected chi connectivity index (χ2v) is 6.68. The predicted octanol–water partition coefficient (Wildman–Crippen LogP) is 2.91. The Morgan fingerprint density at radius 1 is 1.26 bits per heavy atom. The molecule has 10 nitrogen and oxygen atoms in total. The number of benzene rings is 1. The van der Waals surface area contributed by atoms with Crippen LogP contribution in [0.5, 0.6) is 11.5 Å². The van der Waals surface area contributed by atoms with E-state index in [1.54, 1.807) is 12.1 Å². The van der Waals surface area contributed by atoms with Crippen molar-refractivity contribution in [1.82, 2.24) is 20.4 Å². The monoisotopic (exact) mass is 434 g/mol. The molecule has 162 valence electrons. The minimum absolute atomic E-state index is 0.00549. The number of carbonyl (C=O) groups is 2. The molecule has 1 fully saturated rings. The average Bonchev–Trinajstić information content (AvgIpc) is 3.47. The number of imide groups is 1. The fourth-order valence-electron chi connectivity index (χ4n) is 3.14. The number of nitrogens with zero attached hydrogens (tertiary/aromatic N) is 3. The maximum Gasteiger partial charge on any atom is 0.387 e. The standard InChI is InChI=1S/C19H16F2N4O6/c1-19(13-4-3-7-29-13)16(26)25(18(27)23-19)9-14-22-15(24-31-14)10-5-6-11(30-17(20)21)12(8-10)28-2/h3-8,17H,9H2,1-2H3,(H,23,27). The lowest BCUT2D eigenvalue weighted by molar-refractivity contribution is -0.132. The van der Waals surface area contributed by atoms with Gasteiger partial charge in [-0.25, -0.2) is 4.79 Å². The van der Waals surface area contributed by atoms with Gasteiger partial charge in [0.2, 0.25) is 11.7 Å². The molecule has 2 aromatic heterocycles. The molecule has 1 aromatic carbocycles. The summed E-state index contributed by atoms with van der Waals surface area (Å²) in [6, 6.07) is 6.67. The van der Waals surface area contributed by atoms with E-state index in [1.165, 1.54) is 38.5 Å². The number of rotatable bonds is 7. The minimum atomic E-state index is -3.01.